The third-order valence-electron chi connectivity index (χ3n) is 1.92. The lowest BCUT2D eigenvalue weighted by molar-refractivity contribution is 0.00345. The molecule has 0 saturated carbocycles. The molecule has 0 heterocycles. The van der Waals surface area contributed by atoms with Crippen LogP contribution in [-0.2, 0) is 4.74 Å². The van der Waals surface area contributed by atoms with Crippen molar-refractivity contribution in [2.75, 3.05) is 7.11 Å². The number of hydrogen-bond donors (Lipinski definition) is 0. The Morgan fingerprint density at radius 3 is 2.20 bits per heavy atom. The summed E-state index contributed by atoms with van der Waals surface area (Å²) in [5.41, 5.74) is 1.19. The van der Waals surface area contributed by atoms with Crippen LogP contribution in [0, 0.1) is 0 Å². The second-order valence-corrected chi connectivity index (χ2v) is 3.14. The second kappa shape index (κ2) is 3.77. The first-order valence-corrected chi connectivity index (χ1v) is 3.73. The smallest absolute Gasteiger partial charge is 0.0684 e. The van der Waals surface area contributed by atoms with Crippen LogP contribution >= 0.6 is 0 Å². The molecule has 0 spiro atoms. The third-order valence-corrected chi connectivity index (χ3v) is 1.92. The molecule has 0 aliphatic carbocycles. The minimum absolute atomic E-state index is 0.00579. The van der Waals surface area contributed by atoms with Gasteiger partial charge in [0.15, 0.2) is 0 Å². The zero-order valence-electron chi connectivity index (χ0n) is 7.53. The molecule has 0 bridgehead atoms. The Balaban J connectivity index is 3.92. The van der Waals surface area contributed by atoms with Gasteiger partial charge in [0.05, 0.1) is 5.60 Å². The monoisotopic (exact) mass is 142 g/mol. The maximum Gasteiger partial charge on any atom is 0.0684 e. The van der Waals surface area contributed by atoms with Gasteiger partial charge >= 0.3 is 0 Å². The van der Waals surface area contributed by atoms with Crippen molar-refractivity contribution in [1.29, 1.82) is 0 Å². The molecular formula is C9H18O. The number of ether oxygens (including phenoxy) is 1. The highest BCUT2D eigenvalue weighted by atomic mass is 16.5. The molecule has 0 aromatic heterocycles. The number of methoxy groups -OCH3 is 1. The van der Waals surface area contributed by atoms with Gasteiger partial charge in [-0.2, -0.15) is 0 Å². The fourth-order valence-electron chi connectivity index (χ4n) is 0.980. The molecule has 60 valence electrons. The largest absolute Gasteiger partial charge is 0.378 e. The minimum atomic E-state index is 0.00579. The van der Waals surface area contributed by atoms with E-state index in [1.54, 1.807) is 7.11 Å². The molecule has 1 atom stereocenters. The van der Waals surface area contributed by atoms with Crippen LogP contribution in [0.25, 0.3) is 0 Å². The Labute approximate surface area is 64.1 Å². The first-order chi connectivity index (χ1) is 4.54. The van der Waals surface area contributed by atoms with E-state index in [1.807, 2.05) is 6.92 Å². The van der Waals surface area contributed by atoms with Gasteiger partial charge in [0.1, 0.15) is 0 Å². The van der Waals surface area contributed by atoms with Gasteiger partial charge in [-0.25, -0.2) is 0 Å². The molecular weight excluding hydrogens is 124 g/mol. The van der Waals surface area contributed by atoms with Crippen molar-refractivity contribution in [3.8, 4) is 0 Å². The van der Waals surface area contributed by atoms with Gasteiger partial charge in [0.2, 0.25) is 0 Å². The van der Waals surface area contributed by atoms with Gasteiger partial charge in [-0.3, -0.25) is 0 Å². The van der Waals surface area contributed by atoms with Gasteiger partial charge in [-0.1, -0.05) is 12.5 Å². The molecule has 0 aromatic carbocycles. The first kappa shape index (κ1) is 9.70. The highest BCUT2D eigenvalue weighted by Gasteiger charge is 2.20. The lowest BCUT2D eigenvalue weighted by Gasteiger charge is -2.26. The predicted octanol–water partition coefficient (Wildman–Crippen LogP) is 2.77. The van der Waals surface area contributed by atoms with Crippen LogP contribution in [-0.4, -0.2) is 12.7 Å². The Kier molecular flexibility index (Phi) is 3.66. The lowest BCUT2D eigenvalue weighted by Crippen LogP contribution is -2.26. The van der Waals surface area contributed by atoms with E-state index in [9.17, 15) is 0 Å². The van der Waals surface area contributed by atoms with Crippen molar-refractivity contribution in [2.45, 2.75) is 39.2 Å². The molecule has 0 radical (unpaired) electrons. The molecule has 0 aliphatic heterocycles. The lowest BCUT2D eigenvalue weighted by atomic mass is 9.95. The summed E-state index contributed by atoms with van der Waals surface area (Å²) >= 11 is 0. The summed E-state index contributed by atoms with van der Waals surface area (Å²) in [5, 5.41) is 0. The van der Waals surface area contributed by atoms with Crippen molar-refractivity contribution >= 4 is 0 Å². The number of rotatable bonds is 4. The molecule has 0 amide bonds. The van der Waals surface area contributed by atoms with Gasteiger partial charge in [-0.05, 0) is 26.7 Å². The van der Waals surface area contributed by atoms with E-state index in [-0.39, 0.29) is 5.60 Å². The first-order valence-electron chi connectivity index (χ1n) is 3.73. The zero-order valence-corrected chi connectivity index (χ0v) is 7.53. The molecule has 0 saturated heterocycles. The standard InChI is InChI=1S/C9H18O/c1-6-9(4,10-5)7-8(2)3/h2,6-7H2,1,3-5H3/t9-/m0/s1. The van der Waals surface area contributed by atoms with E-state index >= 15 is 0 Å². The van der Waals surface area contributed by atoms with E-state index in [4.69, 9.17) is 4.74 Å². The van der Waals surface area contributed by atoms with Crippen LogP contribution in [0.2, 0.25) is 0 Å². The van der Waals surface area contributed by atoms with Crippen molar-refractivity contribution in [1.82, 2.24) is 0 Å². The fraction of sp³-hybridized carbons (Fsp3) is 0.778. The van der Waals surface area contributed by atoms with E-state index < -0.39 is 0 Å². The topological polar surface area (TPSA) is 9.23 Å². The molecule has 0 fully saturated rings. The van der Waals surface area contributed by atoms with Crippen LogP contribution in [0.5, 0.6) is 0 Å². The highest BCUT2D eigenvalue weighted by molar-refractivity contribution is 4.95. The van der Waals surface area contributed by atoms with Crippen molar-refractivity contribution < 1.29 is 4.74 Å². The average Bonchev–Trinajstić information content (AvgIpc) is 1.87. The second-order valence-electron chi connectivity index (χ2n) is 3.14. The van der Waals surface area contributed by atoms with Crippen LogP contribution in [0.1, 0.15) is 33.6 Å². The molecule has 0 N–H and O–H groups in total. The van der Waals surface area contributed by atoms with Crippen LogP contribution < -0.4 is 0 Å². The fourth-order valence-corrected chi connectivity index (χ4v) is 0.980. The van der Waals surface area contributed by atoms with Crippen molar-refractivity contribution in [3.63, 3.8) is 0 Å². The zero-order chi connectivity index (χ0) is 8.20. The molecule has 0 rings (SSSR count). The average molecular weight is 142 g/mol. The Morgan fingerprint density at radius 2 is 2.10 bits per heavy atom. The predicted molar refractivity (Wildman–Crippen MR) is 45.1 cm³/mol. The molecule has 0 unspecified atom stereocenters. The summed E-state index contributed by atoms with van der Waals surface area (Å²) in [6.45, 7) is 10.1. The van der Waals surface area contributed by atoms with Crippen molar-refractivity contribution in [3.05, 3.63) is 12.2 Å². The van der Waals surface area contributed by atoms with Crippen LogP contribution in [0.3, 0.4) is 0 Å². The van der Waals surface area contributed by atoms with E-state index in [1.165, 1.54) is 5.57 Å². The Morgan fingerprint density at radius 1 is 1.60 bits per heavy atom. The van der Waals surface area contributed by atoms with E-state index in [2.05, 4.69) is 20.4 Å². The Hall–Kier alpha value is -0.300. The van der Waals surface area contributed by atoms with Gasteiger partial charge < -0.3 is 4.74 Å². The number of hydrogen-bond acceptors (Lipinski definition) is 1. The van der Waals surface area contributed by atoms with Crippen LogP contribution in [0.4, 0.5) is 0 Å². The SMILES string of the molecule is C=C(C)C[C@](C)(CC)OC. The Bertz CT molecular complexity index is 112. The molecule has 10 heavy (non-hydrogen) atoms. The summed E-state index contributed by atoms with van der Waals surface area (Å²) < 4.78 is 5.34. The van der Waals surface area contributed by atoms with Gasteiger partial charge in [0, 0.05) is 7.11 Å². The third kappa shape index (κ3) is 3.02. The summed E-state index contributed by atoms with van der Waals surface area (Å²) in [6.07, 6.45) is 2.00. The normalized spacial score (nSPS) is 16.4. The van der Waals surface area contributed by atoms with Crippen LogP contribution in [0.15, 0.2) is 12.2 Å². The molecule has 1 heteroatoms. The molecule has 1 nitrogen and oxygen atoms in total. The molecule has 0 aromatic rings. The van der Waals surface area contributed by atoms with Crippen molar-refractivity contribution in [2.24, 2.45) is 0 Å². The highest BCUT2D eigenvalue weighted by Crippen LogP contribution is 2.21. The van der Waals surface area contributed by atoms with E-state index in [0.29, 0.717) is 0 Å². The summed E-state index contributed by atoms with van der Waals surface area (Å²) in [5.74, 6) is 0. The summed E-state index contributed by atoms with van der Waals surface area (Å²) in [6, 6.07) is 0. The molecule has 0 aliphatic rings. The maximum atomic E-state index is 5.34. The van der Waals surface area contributed by atoms with Gasteiger partial charge in [0.25, 0.3) is 0 Å². The quantitative estimate of drug-likeness (QED) is 0.548. The summed E-state index contributed by atoms with van der Waals surface area (Å²) in [7, 11) is 1.76. The van der Waals surface area contributed by atoms with E-state index in [0.717, 1.165) is 12.8 Å². The minimum Gasteiger partial charge on any atom is -0.378 e. The summed E-state index contributed by atoms with van der Waals surface area (Å²) in [4.78, 5) is 0. The maximum absolute atomic E-state index is 5.34. The van der Waals surface area contributed by atoms with Gasteiger partial charge in [-0.15, -0.1) is 6.58 Å².